The minimum atomic E-state index is 0.0114. The van der Waals surface area contributed by atoms with Crippen molar-refractivity contribution in [1.29, 1.82) is 0 Å². The Morgan fingerprint density at radius 3 is 2.53 bits per heavy atom. The summed E-state index contributed by atoms with van der Waals surface area (Å²) in [5.74, 6) is 0.838. The highest BCUT2D eigenvalue weighted by molar-refractivity contribution is 6.31. The van der Waals surface area contributed by atoms with E-state index >= 15 is 0 Å². The average Bonchev–Trinajstić information content (AvgIpc) is 2.35. The highest BCUT2D eigenvalue weighted by Crippen LogP contribution is 2.37. The number of benzene rings is 1. The molecule has 0 spiro atoms. The van der Waals surface area contributed by atoms with Crippen molar-refractivity contribution < 1.29 is 4.74 Å². The van der Waals surface area contributed by atoms with E-state index in [2.05, 4.69) is 19.1 Å². The number of ether oxygens (including phenoxy) is 1. The smallest absolute Gasteiger partial charge is 0.0719 e. The predicted octanol–water partition coefficient (Wildman–Crippen LogP) is 4.48. The van der Waals surface area contributed by atoms with E-state index in [1.54, 1.807) is 0 Å². The van der Waals surface area contributed by atoms with Crippen LogP contribution in [0.4, 0.5) is 0 Å². The maximum absolute atomic E-state index is 6.24. The lowest BCUT2D eigenvalue weighted by Crippen LogP contribution is -2.38. The molecule has 0 aromatic heterocycles. The van der Waals surface area contributed by atoms with Crippen LogP contribution in [-0.4, -0.2) is 12.7 Å². The van der Waals surface area contributed by atoms with Crippen LogP contribution in [0.5, 0.6) is 0 Å². The van der Waals surface area contributed by atoms with E-state index in [4.69, 9.17) is 16.3 Å². The minimum Gasteiger partial charge on any atom is -0.378 e. The second kappa shape index (κ2) is 5.41. The molecule has 2 heteroatoms. The maximum Gasteiger partial charge on any atom is 0.0719 e. The van der Waals surface area contributed by atoms with Crippen LogP contribution in [0.15, 0.2) is 24.3 Å². The molecule has 1 aliphatic carbocycles. The summed E-state index contributed by atoms with van der Waals surface area (Å²) in [6, 6.07) is 8.11. The van der Waals surface area contributed by atoms with E-state index in [9.17, 15) is 0 Å². The molecular formula is C15H21ClO. The SMILES string of the molecule is COC1(Cc2ccccc2Cl)CCC(C)CC1. The van der Waals surface area contributed by atoms with Gasteiger partial charge in [0.25, 0.3) is 0 Å². The van der Waals surface area contributed by atoms with Gasteiger partial charge in [-0.1, -0.05) is 36.7 Å². The zero-order chi connectivity index (χ0) is 12.3. The molecule has 1 saturated carbocycles. The fraction of sp³-hybridized carbons (Fsp3) is 0.600. The summed E-state index contributed by atoms with van der Waals surface area (Å²) >= 11 is 6.24. The minimum absolute atomic E-state index is 0.0114. The molecule has 1 fully saturated rings. The first-order valence-electron chi connectivity index (χ1n) is 6.44. The van der Waals surface area contributed by atoms with Crippen molar-refractivity contribution in [2.24, 2.45) is 5.92 Å². The van der Waals surface area contributed by atoms with E-state index < -0.39 is 0 Å². The van der Waals surface area contributed by atoms with Gasteiger partial charge in [-0.05, 0) is 43.2 Å². The number of hydrogen-bond donors (Lipinski definition) is 0. The molecule has 94 valence electrons. The van der Waals surface area contributed by atoms with Crippen LogP contribution in [0.3, 0.4) is 0 Å². The third-order valence-corrected chi connectivity index (χ3v) is 4.46. The van der Waals surface area contributed by atoms with Gasteiger partial charge in [0, 0.05) is 18.6 Å². The van der Waals surface area contributed by atoms with Crippen molar-refractivity contribution in [3.63, 3.8) is 0 Å². The van der Waals surface area contributed by atoms with Crippen LogP contribution in [0.1, 0.15) is 38.2 Å². The quantitative estimate of drug-likeness (QED) is 0.771. The number of methoxy groups -OCH3 is 1. The van der Waals surface area contributed by atoms with E-state index in [1.165, 1.54) is 18.4 Å². The Balaban J connectivity index is 2.12. The molecule has 0 atom stereocenters. The molecular weight excluding hydrogens is 232 g/mol. The zero-order valence-corrected chi connectivity index (χ0v) is 11.5. The van der Waals surface area contributed by atoms with E-state index in [1.807, 2.05) is 19.2 Å². The van der Waals surface area contributed by atoms with Crippen molar-refractivity contribution in [3.05, 3.63) is 34.9 Å². The molecule has 1 aliphatic rings. The summed E-state index contributed by atoms with van der Waals surface area (Å²) in [7, 11) is 1.84. The molecule has 1 aromatic carbocycles. The highest BCUT2D eigenvalue weighted by atomic mass is 35.5. The van der Waals surface area contributed by atoms with Gasteiger partial charge in [0.1, 0.15) is 0 Å². The fourth-order valence-corrected chi connectivity index (χ4v) is 2.93. The Hall–Kier alpha value is -0.530. The topological polar surface area (TPSA) is 9.23 Å². The molecule has 0 unspecified atom stereocenters. The Kier molecular flexibility index (Phi) is 4.11. The summed E-state index contributed by atoms with van der Waals surface area (Å²) in [4.78, 5) is 0. The third kappa shape index (κ3) is 3.02. The first-order valence-corrected chi connectivity index (χ1v) is 6.81. The van der Waals surface area contributed by atoms with Gasteiger partial charge in [0.15, 0.2) is 0 Å². The normalized spacial score (nSPS) is 29.2. The van der Waals surface area contributed by atoms with Crippen LogP contribution in [0.25, 0.3) is 0 Å². The molecule has 0 bridgehead atoms. The van der Waals surface area contributed by atoms with Gasteiger partial charge in [-0.25, -0.2) is 0 Å². The molecule has 0 saturated heterocycles. The van der Waals surface area contributed by atoms with E-state index in [-0.39, 0.29) is 5.60 Å². The molecule has 1 nitrogen and oxygen atoms in total. The summed E-state index contributed by atoms with van der Waals surface area (Å²) in [6.07, 6.45) is 5.76. The first kappa shape index (κ1) is 12.9. The molecule has 17 heavy (non-hydrogen) atoms. The zero-order valence-electron chi connectivity index (χ0n) is 10.7. The average molecular weight is 253 g/mol. The molecule has 1 aromatic rings. The highest BCUT2D eigenvalue weighted by Gasteiger charge is 2.34. The Morgan fingerprint density at radius 1 is 1.29 bits per heavy atom. The van der Waals surface area contributed by atoms with Crippen LogP contribution in [0, 0.1) is 5.92 Å². The number of halogens is 1. The van der Waals surface area contributed by atoms with Crippen molar-refractivity contribution in [2.45, 2.75) is 44.6 Å². The van der Waals surface area contributed by atoms with Crippen molar-refractivity contribution in [2.75, 3.05) is 7.11 Å². The largest absolute Gasteiger partial charge is 0.378 e. The van der Waals surface area contributed by atoms with Gasteiger partial charge in [0.2, 0.25) is 0 Å². The second-order valence-electron chi connectivity index (χ2n) is 5.34. The van der Waals surface area contributed by atoms with E-state index in [0.717, 1.165) is 30.2 Å². The van der Waals surface area contributed by atoms with Gasteiger partial charge in [-0.2, -0.15) is 0 Å². The predicted molar refractivity (Wildman–Crippen MR) is 72.5 cm³/mol. The van der Waals surface area contributed by atoms with Gasteiger partial charge in [-0.15, -0.1) is 0 Å². The molecule has 2 rings (SSSR count). The van der Waals surface area contributed by atoms with Crippen LogP contribution in [0.2, 0.25) is 5.02 Å². The molecule has 0 heterocycles. The van der Waals surface area contributed by atoms with Crippen LogP contribution >= 0.6 is 11.6 Å². The molecule has 0 amide bonds. The molecule has 0 radical (unpaired) electrons. The Bertz CT molecular complexity index is 367. The van der Waals surface area contributed by atoms with E-state index in [0.29, 0.717) is 0 Å². The van der Waals surface area contributed by atoms with Gasteiger partial charge in [-0.3, -0.25) is 0 Å². The number of hydrogen-bond acceptors (Lipinski definition) is 1. The Morgan fingerprint density at radius 2 is 1.94 bits per heavy atom. The lowest BCUT2D eigenvalue weighted by molar-refractivity contribution is -0.0469. The van der Waals surface area contributed by atoms with Crippen molar-refractivity contribution in [3.8, 4) is 0 Å². The lowest BCUT2D eigenvalue weighted by Gasteiger charge is -2.38. The van der Waals surface area contributed by atoms with Crippen molar-refractivity contribution in [1.82, 2.24) is 0 Å². The fourth-order valence-electron chi connectivity index (χ4n) is 2.73. The van der Waals surface area contributed by atoms with Gasteiger partial charge < -0.3 is 4.74 Å². The monoisotopic (exact) mass is 252 g/mol. The summed E-state index contributed by atoms with van der Waals surface area (Å²) < 4.78 is 5.83. The standard InChI is InChI=1S/C15H21ClO/c1-12-7-9-15(17-2,10-8-12)11-13-5-3-4-6-14(13)16/h3-6,12H,7-11H2,1-2H3. The van der Waals surface area contributed by atoms with Crippen LogP contribution < -0.4 is 0 Å². The summed E-state index contributed by atoms with van der Waals surface area (Å²) in [6.45, 7) is 2.33. The first-order chi connectivity index (χ1) is 8.15. The van der Waals surface area contributed by atoms with Crippen LogP contribution in [-0.2, 0) is 11.2 Å². The second-order valence-corrected chi connectivity index (χ2v) is 5.75. The summed E-state index contributed by atoms with van der Waals surface area (Å²) in [5, 5.41) is 0.863. The molecule has 0 aliphatic heterocycles. The van der Waals surface area contributed by atoms with Gasteiger partial charge in [0.05, 0.1) is 5.60 Å². The van der Waals surface area contributed by atoms with Gasteiger partial charge >= 0.3 is 0 Å². The third-order valence-electron chi connectivity index (χ3n) is 4.09. The molecule has 0 N–H and O–H groups in total. The maximum atomic E-state index is 6.24. The summed E-state index contributed by atoms with van der Waals surface area (Å²) in [5.41, 5.74) is 1.22. The Labute approximate surface area is 109 Å². The number of rotatable bonds is 3. The lowest BCUT2D eigenvalue weighted by atomic mass is 9.76. The van der Waals surface area contributed by atoms with Crippen molar-refractivity contribution >= 4 is 11.6 Å².